The van der Waals surface area contributed by atoms with Gasteiger partial charge < -0.3 is 15.6 Å². The van der Waals surface area contributed by atoms with Crippen molar-refractivity contribution < 1.29 is 9.84 Å². The van der Waals surface area contributed by atoms with Gasteiger partial charge in [0.2, 0.25) is 5.95 Å². The third-order valence-electron chi connectivity index (χ3n) is 2.66. The Bertz CT molecular complexity index is 433. The molecule has 0 amide bonds. The van der Waals surface area contributed by atoms with Gasteiger partial charge in [-0.15, -0.1) is 0 Å². The Balaban J connectivity index is 2.23. The van der Waals surface area contributed by atoms with Crippen LogP contribution in [0.3, 0.4) is 0 Å². The van der Waals surface area contributed by atoms with Gasteiger partial charge in [0, 0.05) is 6.42 Å². The van der Waals surface area contributed by atoms with Crippen molar-refractivity contribution in [1.82, 2.24) is 14.5 Å². The molecule has 7 nitrogen and oxygen atoms in total. The number of anilines is 1. The first kappa shape index (κ1) is 11.0. The number of hydrogen-bond donors (Lipinski definition) is 2. The van der Waals surface area contributed by atoms with E-state index in [0.29, 0.717) is 12.8 Å². The molecule has 0 spiro atoms. The molecule has 0 aliphatic carbocycles. The van der Waals surface area contributed by atoms with Crippen molar-refractivity contribution in [2.45, 2.75) is 38.2 Å². The van der Waals surface area contributed by atoms with Crippen LogP contribution in [-0.2, 0) is 4.74 Å². The highest BCUT2D eigenvalue weighted by Crippen LogP contribution is 2.28. The van der Waals surface area contributed by atoms with Crippen molar-refractivity contribution in [2.24, 2.45) is 0 Å². The van der Waals surface area contributed by atoms with Gasteiger partial charge in [-0.2, -0.15) is 4.98 Å². The van der Waals surface area contributed by atoms with Gasteiger partial charge in [0.25, 0.3) is 0 Å². The Morgan fingerprint density at radius 3 is 3.06 bits per heavy atom. The van der Waals surface area contributed by atoms with E-state index in [1.54, 1.807) is 0 Å². The molecule has 1 fully saturated rings. The van der Waals surface area contributed by atoms with Crippen molar-refractivity contribution in [3.8, 4) is 0 Å². The first-order valence-corrected chi connectivity index (χ1v) is 5.16. The highest BCUT2D eigenvalue weighted by Gasteiger charge is 2.34. The Hall–Kier alpha value is -1.47. The van der Waals surface area contributed by atoms with E-state index in [4.69, 9.17) is 10.5 Å². The Morgan fingerprint density at radius 2 is 2.50 bits per heavy atom. The molecule has 1 unspecified atom stereocenters. The zero-order valence-electron chi connectivity index (χ0n) is 8.91. The van der Waals surface area contributed by atoms with Crippen LogP contribution >= 0.6 is 0 Å². The molecule has 7 heteroatoms. The second kappa shape index (κ2) is 4.18. The summed E-state index contributed by atoms with van der Waals surface area (Å²) in [6.45, 7) is 1.92. The van der Waals surface area contributed by atoms with E-state index >= 15 is 0 Å². The molecule has 2 heterocycles. The Morgan fingerprint density at radius 1 is 1.75 bits per heavy atom. The van der Waals surface area contributed by atoms with Crippen LogP contribution in [0.5, 0.6) is 0 Å². The smallest absolute Gasteiger partial charge is 0.354 e. The van der Waals surface area contributed by atoms with Gasteiger partial charge in [-0.3, -0.25) is 4.57 Å². The van der Waals surface area contributed by atoms with Crippen LogP contribution in [0.1, 0.15) is 26.0 Å². The number of nitrogens with zero attached hydrogens (tertiary/aromatic N) is 3. The average molecular weight is 226 g/mol. The number of rotatable bonds is 2. The summed E-state index contributed by atoms with van der Waals surface area (Å²) in [7, 11) is 0. The SMILES string of the molecule is CC[C@H]1O[C@@H](n2cnc(N)nc2=O)CC1O. The monoisotopic (exact) mass is 226 g/mol. The first-order chi connectivity index (χ1) is 7.61. The number of ether oxygens (including phenoxy) is 1. The minimum Gasteiger partial charge on any atom is -0.390 e. The van der Waals surface area contributed by atoms with Gasteiger partial charge in [0.05, 0.1) is 12.2 Å². The molecule has 0 bridgehead atoms. The lowest BCUT2D eigenvalue weighted by Crippen LogP contribution is -2.28. The second-order valence-electron chi connectivity index (χ2n) is 3.74. The number of aliphatic hydroxyl groups is 1. The highest BCUT2D eigenvalue weighted by molar-refractivity contribution is 5.09. The summed E-state index contributed by atoms with van der Waals surface area (Å²) >= 11 is 0. The third-order valence-corrected chi connectivity index (χ3v) is 2.66. The lowest BCUT2D eigenvalue weighted by molar-refractivity contribution is -0.0221. The molecule has 1 aliphatic rings. The third kappa shape index (κ3) is 1.91. The molecule has 0 saturated carbocycles. The van der Waals surface area contributed by atoms with Crippen molar-refractivity contribution in [1.29, 1.82) is 0 Å². The normalized spacial score (nSPS) is 29.5. The van der Waals surface area contributed by atoms with E-state index in [9.17, 15) is 9.90 Å². The summed E-state index contributed by atoms with van der Waals surface area (Å²) in [6, 6.07) is 0. The summed E-state index contributed by atoms with van der Waals surface area (Å²) in [5.74, 6) is -0.0631. The lowest BCUT2D eigenvalue weighted by Gasteiger charge is -2.13. The standard InChI is InChI=1S/C9H14N4O3/c1-2-6-5(14)3-7(16-6)13-4-11-8(10)12-9(13)15/h4-7,14H,2-3H2,1H3,(H2,10,12,15)/t5?,6-,7-/m1/s1. The van der Waals surface area contributed by atoms with E-state index < -0.39 is 18.0 Å². The van der Waals surface area contributed by atoms with Gasteiger partial charge >= 0.3 is 5.69 Å². The Kier molecular flexibility index (Phi) is 2.88. The summed E-state index contributed by atoms with van der Waals surface area (Å²) in [4.78, 5) is 18.7. The fourth-order valence-electron chi connectivity index (χ4n) is 1.81. The van der Waals surface area contributed by atoms with Gasteiger partial charge in [0.1, 0.15) is 12.6 Å². The summed E-state index contributed by atoms with van der Waals surface area (Å²) in [6.07, 6.45) is 1.05. The molecule has 0 radical (unpaired) electrons. The van der Waals surface area contributed by atoms with Crippen LogP contribution in [0.25, 0.3) is 0 Å². The van der Waals surface area contributed by atoms with Crippen LogP contribution in [0.15, 0.2) is 11.1 Å². The molecule has 1 aromatic heterocycles. The van der Waals surface area contributed by atoms with Crippen LogP contribution in [0.2, 0.25) is 0 Å². The van der Waals surface area contributed by atoms with Gasteiger partial charge in [-0.25, -0.2) is 9.78 Å². The van der Waals surface area contributed by atoms with E-state index in [2.05, 4.69) is 9.97 Å². The fourth-order valence-corrected chi connectivity index (χ4v) is 1.81. The quantitative estimate of drug-likeness (QED) is 0.689. The summed E-state index contributed by atoms with van der Waals surface area (Å²) < 4.78 is 6.77. The van der Waals surface area contributed by atoms with Crippen molar-refractivity contribution in [2.75, 3.05) is 5.73 Å². The predicted octanol–water partition coefficient (Wildman–Crippen LogP) is -0.721. The molecule has 88 valence electrons. The first-order valence-electron chi connectivity index (χ1n) is 5.16. The number of aromatic nitrogens is 3. The maximum atomic E-state index is 11.5. The Labute approximate surface area is 91.9 Å². The second-order valence-corrected chi connectivity index (χ2v) is 3.74. The lowest BCUT2D eigenvalue weighted by atomic mass is 10.1. The minimum atomic E-state index is -0.556. The van der Waals surface area contributed by atoms with Crippen molar-refractivity contribution in [3.05, 3.63) is 16.8 Å². The molecular formula is C9H14N4O3. The zero-order valence-corrected chi connectivity index (χ0v) is 8.91. The number of aliphatic hydroxyl groups excluding tert-OH is 1. The van der Waals surface area contributed by atoms with Crippen LogP contribution in [-0.4, -0.2) is 31.8 Å². The molecule has 2 rings (SSSR count). The molecule has 1 saturated heterocycles. The number of hydrogen-bond acceptors (Lipinski definition) is 6. The molecule has 3 atom stereocenters. The minimum absolute atomic E-state index is 0.0631. The van der Waals surface area contributed by atoms with Gasteiger partial charge in [0.15, 0.2) is 0 Å². The average Bonchev–Trinajstić information content (AvgIpc) is 2.59. The fraction of sp³-hybridized carbons (Fsp3) is 0.667. The number of nitrogen functional groups attached to an aromatic ring is 1. The van der Waals surface area contributed by atoms with Crippen LogP contribution in [0, 0.1) is 0 Å². The molecule has 1 aliphatic heterocycles. The van der Waals surface area contributed by atoms with E-state index in [1.807, 2.05) is 6.92 Å². The van der Waals surface area contributed by atoms with Crippen molar-refractivity contribution >= 4 is 5.95 Å². The van der Waals surface area contributed by atoms with Gasteiger partial charge in [-0.1, -0.05) is 6.92 Å². The van der Waals surface area contributed by atoms with Crippen LogP contribution in [0.4, 0.5) is 5.95 Å². The molecular weight excluding hydrogens is 212 g/mol. The summed E-state index contributed by atoms with van der Waals surface area (Å²) in [5, 5.41) is 9.66. The molecule has 3 N–H and O–H groups in total. The highest BCUT2D eigenvalue weighted by atomic mass is 16.5. The van der Waals surface area contributed by atoms with Crippen LogP contribution < -0.4 is 11.4 Å². The van der Waals surface area contributed by atoms with E-state index in [-0.39, 0.29) is 12.1 Å². The molecule has 16 heavy (non-hydrogen) atoms. The topological polar surface area (TPSA) is 103 Å². The molecule has 0 aromatic carbocycles. The van der Waals surface area contributed by atoms with Gasteiger partial charge in [-0.05, 0) is 6.42 Å². The maximum Gasteiger partial charge on any atom is 0.354 e. The maximum absolute atomic E-state index is 11.5. The van der Waals surface area contributed by atoms with Crippen molar-refractivity contribution in [3.63, 3.8) is 0 Å². The van der Waals surface area contributed by atoms with E-state index in [0.717, 1.165) is 0 Å². The summed E-state index contributed by atoms with van der Waals surface area (Å²) in [5.41, 5.74) is 4.77. The van der Waals surface area contributed by atoms with E-state index in [1.165, 1.54) is 10.9 Å². The predicted molar refractivity (Wildman–Crippen MR) is 55.5 cm³/mol. The largest absolute Gasteiger partial charge is 0.390 e. The zero-order chi connectivity index (χ0) is 11.7. The molecule has 1 aromatic rings. The number of nitrogens with two attached hydrogens (primary N) is 1.